The molecule has 1 aliphatic rings. The van der Waals surface area contributed by atoms with E-state index in [2.05, 4.69) is 52.4 Å². The summed E-state index contributed by atoms with van der Waals surface area (Å²) in [5.41, 5.74) is 5.61. The molecule has 4 nitrogen and oxygen atoms in total. The minimum Gasteiger partial charge on any atom is -0.492 e. The molecule has 0 unspecified atom stereocenters. The molecule has 27 heavy (non-hydrogen) atoms. The van der Waals surface area contributed by atoms with Crippen molar-refractivity contribution in [3.63, 3.8) is 0 Å². The first kappa shape index (κ1) is 17.8. The first-order valence-corrected chi connectivity index (χ1v) is 9.78. The molecule has 0 amide bonds. The Morgan fingerprint density at radius 3 is 2.56 bits per heavy atom. The molecule has 139 valence electrons. The molecule has 1 radical (unpaired) electrons. The molecule has 3 aromatic rings. The van der Waals surface area contributed by atoms with E-state index in [-0.39, 0.29) is 0 Å². The van der Waals surface area contributed by atoms with Gasteiger partial charge in [-0.05, 0) is 85.9 Å². The van der Waals surface area contributed by atoms with Gasteiger partial charge < -0.3 is 4.74 Å². The number of aromatic nitrogens is 2. The minimum absolute atomic E-state index is 0.751. The Labute approximate surface area is 161 Å². The second-order valence-electron chi connectivity index (χ2n) is 7.14. The van der Waals surface area contributed by atoms with Crippen LogP contribution in [0.4, 0.5) is 0 Å². The molecule has 0 saturated carbocycles. The Hall–Kier alpha value is -2.59. The van der Waals surface area contributed by atoms with Crippen LogP contribution in [-0.4, -0.2) is 41.3 Å². The van der Waals surface area contributed by atoms with Crippen molar-refractivity contribution in [3.8, 4) is 28.1 Å². The lowest BCUT2D eigenvalue weighted by Gasteiger charge is -2.26. The van der Waals surface area contributed by atoms with Crippen LogP contribution in [0, 0.1) is 13.0 Å². The van der Waals surface area contributed by atoms with Gasteiger partial charge in [0, 0.05) is 18.3 Å². The highest BCUT2D eigenvalue weighted by molar-refractivity contribution is 5.76. The molecule has 4 heteroatoms. The summed E-state index contributed by atoms with van der Waals surface area (Å²) in [5, 5.41) is 7.18. The number of nitrogens with zero attached hydrogens (tertiary/aromatic N) is 2. The van der Waals surface area contributed by atoms with Gasteiger partial charge in [0.25, 0.3) is 0 Å². The molecule has 1 saturated heterocycles. The van der Waals surface area contributed by atoms with Crippen molar-refractivity contribution in [3.05, 3.63) is 60.3 Å². The lowest BCUT2D eigenvalue weighted by molar-refractivity contribution is 0.183. The zero-order chi connectivity index (χ0) is 18.5. The van der Waals surface area contributed by atoms with Crippen LogP contribution >= 0.6 is 0 Å². The zero-order valence-corrected chi connectivity index (χ0v) is 15.9. The summed E-state index contributed by atoms with van der Waals surface area (Å²) in [6.45, 7) is 6.33. The molecule has 0 aliphatic carbocycles. The number of rotatable bonds is 6. The molecule has 2 heterocycles. The monoisotopic (exact) mass is 360 g/mol. The number of H-pyrrole nitrogens is 1. The summed E-state index contributed by atoms with van der Waals surface area (Å²) in [5.74, 6) is 0.931. The number of benzene rings is 2. The van der Waals surface area contributed by atoms with Crippen molar-refractivity contribution in [1.82, 2.24) is 15.1 Å². The van der Waals surface area contributed by atoms with Crippen molar-refractivity contribution < 1.29 is 4.74 Å². The standard InChI is InChI=1S/C23H26N3O/c1-18-21(6-5-7-22(18)23-12-13-24-25-23)19-8-10-20(11-9-19)27-17-16-26-14-3-2-4-15-26/h6-13H,2-4,14-17H2,1H3,(H,24,25). The lowest BCUT2D eigenvalue weighted by Crippen LogP contribution is -2.33. The topological polar surface area (TPSA) is 41.1 Å². The third-order valence-electron chi connectivity index (χ3n) is 5.33. The second-order valence-corrected chi connectivity index (χ2v) is 7.14. The van der Waals surface area contributed by atoms with Gasteiger partial charge in [-0.25, -0.2) is 0 Å². The van der Waals surface area contributed by atoms with E-state index < -0.39 is 0 Å². The summed E-state index contributed by atoms with van der Waals surface area (Å²) in [6, 6.07) is 17.6. The summed E-state index contributed by atoms with van der Waals surface area (Å²) >= 11 is 0. The molecule has 0 spiro atoms. The molecular weight excluding hydrogens is 334 g/mol. The summed E-state index contributed by atoms with van der Waals surface area (Å²) in [4.78, 5) is 2.50. The van der Waals surface area contributed by atoms with Crippen molar-refractivity contribution in [2.75, 3.05) is 26.2 Å². The van der Waals surface area contributed by atoms with Crippen molar-refractivity contribution in [2.24, 2.45) is 0 Å². The van der Waals surface area contributed by atoms with Crippen LogP contribution in [0.25, 0.3) is 22.4 Å². The van der Waals surface area contributed by atoms with Crippen molar-refractivity contribution in [1.29, 1.82) is 0 Å². The van der Waals surface area contributed by atoms with Crippen LogP contribution < -0.4 is 4.74 Å². The Morgan fingerprint density at radius 2 is 1.81 bits per heavy atom. The van der Waals surface area contributed by atoms with E-state index in [4.69, 9.17) is 4.74 Å². The smallest absolute Gasteiger partial charge is 0.119 e. The summed E-state index contributed by atoms with van der Waals surface area (Å²) in [6.07, 6.45) is 5.86. The van der Waals surface area contributed by atoms with E-state index in [9.17, 15) is 0 Å². The Morgan fingerprint density at radius 1 is 1.04 bits per heavy atom. The van der Waals surface area contributed by atoms with Gasteiger partial charge in [-0.1, -0.05) is 18.6 Å². The Kier molecular flexibility index (Phi) is 5.54. The van der Waals surface area contributed by atoms with E-state index >= 15 is 0 Å². The van der Waals surface area contributed by atoms with Crippen LogP contribution in [0.15, 0.2) is 48.7 Å². The van der Waals surface area contributed by atoms with Crippen LogP contribution in [0.5, 0.6) is 5.75 Å². The molecule has 1 aliphatic heterocycles. The van der Waals surface area contributed by atoms with Gasteiger partial charge >= 0.3 is 0 Å². The Balaban J connectivity index is 1.42. The van der Waals surface area contributed by atoms with Gasteiger partial charge in [-0.15, -0.1) is 0 Å². The molecule has 1 fully saturated rings. The largest absolute Gasteiger partial charge is 0.492 e. The molecule has 1 aromatic heterocycles. The Bertz CT molecular complexity index is 850. The summed E-state index contributed by atoms with van der Waals surface area (Å²) < 4.78 is 5.95. The SMILES string of the molecule is Cc1c(-c2ccc(OCCN3CCCCC3)cc2)c[c]cc1-c1cc[nH]n1. The lowest BCUT2D eigenvalue weighted by atomic mass is 9.95. The van der Waals surface area contributed by atoms with Crippen LogP contribution in [0.2, 0.25) is 0 Å². The van der Waals surface area contributed by atoms with Crippen molar-refractivity contribution in [2.45, 2.75) is 26.2 Å². The van der Waals surface area contributed by atoms with E-state index in [0.29, 0.717) is 0 Å². The van der Waals surface area contributed by atoms with Gasteiger partial charge in [-0.2, -0.15) is 5.10 Å². The molecule has 1 N–H and O–H groups in total. The van der Waals surface area contributed by atoms with Gasteiger partial charge in [0.05, 0.1) is 5.69 Å². The van der Waals surface area contributed by atoms with E-state index in [1.807, 2.05) is 24.4 Å². The molecular formula is C23H26N3O. The first-order chi connectivity index (χ1) is 13.3. The third kappa shape index (κ3) is 4.22. The van der Waals surface area contributed by atoms with E-state index in [0.717, 1.165) is 30.2 Å². The fraction of sp³-hybridized carbons (Fsp3) is 0.348. The average molecular weight is 360 g/mol. The van der Waals surface area contributed by atoms with E-state index in [1.54, 1.807) is 0 Å². The fourth-order valence-electron chi connectivity index (χ4n) is 3.75. The minimum atomic E-state index is 0.751. The maximum absolute atomic E-state index is 5.95. The van der Waals surface area contributed by atoms with E-state index in [1.165, 1.54) is 49.0 Å². The van der Waals surface area contributed by atoms with Crippen LogP contribution in [-0.2, 0) is 0 Å². The fourth-order valence-corrected chi connectivity index (χ4v) is 3.75. The van der Waals surface area contributed by atoms with Crippen LogP contribution in [0.1, 0.15) is 24.8 Å². The van der Waals surface area contributed by atoms with Gasteiger partial charge in [0.15, 0.2) is 0 Å². The average Bonchev–Trinajstić information content (AvgIpc) is 3.24. The van der Waals surface area contributed by atoms with Crippen molar-refractivity contribution >= 4 is 0 Å². The molecule has 4 rings (SSSR count). The van der Waals surface area contributed by atoms with Gasteiger partial charge in [0.1, 0.15) is 12.4 Å². The van der Waals surface area contributed by atoms with Gasteiger partial charge in [0.2, 0.25) is 0 Å². The first-order valence-electron chi connectivity index (χ1n) is 9.78. The van der Waals surface area contributed by atoms with Crippen LogP contribution in [0.3, 0.4) is 0 Å². The number of hydrogen-bond acceptors (Lipinski definition) is 3. The molecule has 0 atom stereocenters. The predicted molar refractivity (Wildman–Crippen MR) is 109 cm³/mol. The highest BCUT2D eigenvalue weighted by Crippen LogP contribution is 2.31. The highest BCUT2D eigenvalue weighted by atomic mass is 16.5. The predicted octanol–water partition coefficient (Wildman–Crippen LogP) is 4.72. The number of ether oxygens (including phenoxy) is 1. The second kappa shape index (κ2) is 8.40. The number of piperidine rings is 1. The maximum Gasteiger partial charge on any atom is 0.119 e. The highest BCUT2D eigenvalue weighted by Gasteiger charge is 2.11. The maximum atomic E-state index is 5.95. The normalized spacial score (nSPS) is 15.0. The number of hydrogen-bond donors (Lipinski definition) is 1. The molecule has 0 bridgehead atoms. The number of aromatic amines is 1. The summed E-state index contributed by atoms with van der Waals surface area (Å²) in [7, 11) is 0. The third-order valence-corrected chi connectivity index (χ3v) is 5.33. The number of nitrogens with one attached hydrogen (secondary N) is 1. The quantitative estimate of drug-likeness (QED) is 0.692. The van der Waals surface area contributed by atoms with Gasteiger partial charge in [-0.3, -0.25) is 10.00 Å². The molecule has 2 aromatic carbocycles. The zero-order valence-electron chi connectivity index (χ0n) is 15.9. The number of likely N-dealkylation sites (tertiary alicyclic amines) is 1.